The molecule has 5 heteroatoms. The second-order valence-corrected chi connectivity index (χ2v) is 9.01. The highest BCUT2D eigenvalue weighted by Crippen LogP contribution is 2.35. The molecule has 0 unspecified atom stereocenters. The van der Waals surface area contributed by atoms with E-state index in [0.29, 0.717) is 18.2 Å². The molecule has 0 heterocycles. The van der Waals surface area contributed by atoms with Crippen LogP contribution in [0.1, 0.15) is 6.42 Å². The van der Waals surface area contributed by atoms with Gasteiger partial charge in [-0.3, -0.25) is 0 Å². The van der Waals surface area contributed by atoms with Gasteiger partial charge >= 0.3 is 0 Å². The fourth-order valence-corrected chi connectivity index (χ4v) is 2.89. The molecular formula is C17H20ClO3P. The van der Waals surface area contributed by atoms with E-state index in [9.17, 15) is 4.57 Å². The summed E-state index contributed by atoms with van der Waals surface area (Å²) >= 11 is 5.81. The molecule has 0 atom stereocenters. The van der Waals surface area contributed by atoms with Crippen LogP contribution in [0.5, 0.6) is 11.5 Å². The van der Waals surface area contributed by atoms with Gasteiger partial charge in [0.05, 0.1) is 13.2 Å². The van der Waals surface area contributed by atoms with Crippen molar-refractivity contribution in [3.05, 3.63) is 53.6 Å². The molecule has 0 aliphatic heterocycles. The van der Waals surface area contributed by atoms with Crippen LogP contribution < -0.4 is 14.8 Å². The predicted octanol–water partition coefficient (Wildman–Crippen LogP) is 4.44. The van der Waals surface area contributed by atoms with E-state index in [1.54, 1.807) is 25.5 Å². The van der Waals surface area contributed by atoms with Crippen LogP contribution in [0.2, 0.25) is 5.02 Å². The smallest absolute Gasteiger partial charge is 0.120 e. The van der Waals surface area contributed by atoms with Gasteiger partial charge in [0.1, 0.15) is 18.6 Å². The first-order chi connectivity index (χ1) is 10.4. The molecule has 0 fully saturated rings. The largest absolute Gasteiger partial charge is 0.493 e. The van der Waals surface area contributed by atoms with Crippen molar-refractivity contribution >= 4 is 24.0 Å². The zero-order valence-corrected chi connectivity index (χ0v) is 14.4. The maximum Gasteiger partial charge on any atom is 0.120 e. The van der Waals surface area contributed by atoms with Crippen LogP contribution in [-0.4, -0.2) is 26.5 Å². The second-order valence-electron chi connectivity index (χ2n) is 5.35. The first kappa shape index (κ1) is 16.9. The summed E-state index contributed by atoms with van der Waals surface area (Å²) in [6, 6.07) is 14.7. The summed E-state index contributed by atoms with van der Waals surface area (Å²) in [6.07, 6.45) is 0.767. The molecule has 0 saturated carbocycles. The minimum absolute atomic E-state index is 0.550. The zero-order chi connectivity index (χ0) is 16.0. The van der Waals surface area contributed by atoms with Gasteiger partial charge in [0.2, 0.25) is 0 Å². The van der Waals surface area contributed by atoms with Crippen molar-refractivity contribution in [3.8, 4) is 11.5 Å². The lowest BCUT2D eigenvalue weighted by molar-refractivity contribution is 0.247. The highest BCUT2D eigenvalue weighted by molar-refractivity contribution is 7.70. The molecule has 0 radical (unpaired) electrons. The van der Waals surface area contributed by atoms with Gasteiger partial charge < -0.3 is 14.0 Å². The Morgan fingerprint density at radius 1 is 0.955 bits per heavy atom. The third-order valence-electron chi connectivity index (χ3n) is 3.08. The van der Waals surface area contributed by atoms with Crippen molar-refractivity contribution < 1.29 is 14.0 Å². The fourth-order valence-electron chi connectivity index (χ4n) is 1.88. The summed E-state index contributed by atoms with van der Waals surface area (Å²) in [7, 11) is -2.25. The standard InChI is InChI=1S/C17H20ClO3P/c1-22(2,19)17-6-3-5-16(13-17)21-12-4-11-20-15-9-7-14(18)8-10-15/h3,5-10,13H,4,11-12H2,1-2H3. The van der Waals surface area contributed by atoms with Crippen LogP contribution in [-0.2, 0) is 4.57 Å². The van der Waals surface area contributed by atoms with Gasteiger partial charge in [-0.2, -0.15) is 0 Å². The number of ether oxygens (including phenoxy) is 2. The third kappa shape index (κ3) is 5.40. The summed E-state index contributed by atoms with van der Waals surface area (Å²) in [5, 5.41) is 1.53. The van der Waals surface area contributed by atoms with E-state index in [0.717, 1.165) is 23.2 Å². The highest BCUT2D eigenvalue weighted by atomic mass is 35.5. The van der Waals surface area contributed by atoms with Crippen molar-refractivity contribution in [2.24, 2.45) is 0 Å². The Labute approximate surface area is 136 Å². The van der Waals surface area contributed by atoms with E-state index in [1.807, 2.05) is 36.4 Å². The molecule has 0 spiro atoms. The van der Waals surface area contributed by atoms with Crippen LogP contribution in [0, 0.1) is 0 Å². The highest BCUT2D eigenvalue weighted by Gasteiger charge is 2.11. The average molecular weight is 339 g/mol. The van der Waals surface area contributed by atoms with Crippen molar-refractivity contribution in [2.75, 3.05) is 26.5 Å². The molecule has 0 amide bonds. The molecule has 2 rings (SSSR count). The number of hydrogen-bond donors (Lipinski definition) is 0. The second kappa shape index (κ2) is 7.71. The quantitative estimate of drug-likeness (QED) is 0.553. The van der Waals surface area contributed by atoms with Crippen LogP contribution in [0.4, 0.5) is 0 Å². The molecule has 3 nitrogen and oxygen atoms in total. The number of halogens is 1. The third-order valence-corrected chi connectivity index (χ3v) is 4.85. The van der Waals surface area contributed by atoms with Crippen LogP contribution in [0.25, 0.3) is 0 Å². The van der Waals surface area contributed by atoms with E-state index >= 15 is 0 Å². The first-order valence-electron chi connectivity index (χ1n) is 7.12. The lowest BCUT2D eigenvalue weighted by Gasteiger charge is -2.11. The summed E-state index contributed by atoms with van der Waals surface area (Å²) < 4.78 is 23.3. The maximum absolute atomic E-state index is 12.0. The van der Waals surface area contributed by atoms with E-state index in [4.69, 9.17) is 21.1 Å². The van der Waals surface area contributed by atoms with E-state index < -0.39 is 7.14 Å². The van der Waals surface area contributed by atoms with Crippen LogP contribution in [0.3, 0.4) is 0 Å². The SMILES string of the molecule is CP(C)(=O)c1cccc(OCCCOc2ccc(Cl)cc2)c1. The molecule has 2 aromatic rings. The maximum atomic E-state index is 12.0. The van der Waals surface area contributed by atoms with Crippen molar-refractivity contribution in [2.45, 2.75) is 6.42 Å². The number of rotatable bonds is 7. The van der Waals surface area contributed by atoms with Gasteiger partial charge in [-0.25, -0.2) is 0 Å². The molecule has 0 saturated heterocycles. The van der Waals surface area contributed by atoms with Gasteiger partial charge in [0.15, 0.2) is 0 Å². The molecule has 0 aliphatic rings. The Morgan fingerprint density at radius 2 is 1.59 bits per heavy atom. The lowest BCUT2D eigenvalue weighted by atomic mass is 10.3. The monoisotopic (exact) mass is 338 g/mol. The number of benzene rings is 2. The van der Waals surface area contributed by atoms with Gasteiger partial charge in [-0.15, -0.1) is 0 Å². The summed E-state index contributed by atoms with van der Waals surface area (Å²) in [5.41, 5.74) is 0. The topological polar surface area (TPSA) is 35.5 Å². The Balaban J connectivity index is 1.75. The van der Waals surface area contributed by atoms with E-state index in [-0.39, 0.29) is 0 Å². The fraction of sp³-hybridized carbons (Fsp3) is 0.294. The van der Waals surface area contributed by atoms with Gasteiger partial charge in [-0.1, -0.05) is 23.7 Å². The van der Waals surface area contributed by atoms with Gasteiger partial charge in [0, 0.05) is 16.7 Å². The Hall–Kier alpha value is -1.44. The molecule has 118 valence electrons. The lowest BCUT2D eigenvalue weighted by Crippen LogP contribution is -2.07. The zero-order valence-electron chi connectivity index (χ0n) is 12.8. The minimum atomic E-state index is -2.25. The summed E-state index contributed by atoms with van der Waals surface area (Å²) in [4.78, 5) is 0. The Kier molecular flexibility index (Phi) is 5.93. The van der Waals surface area contributed by atoms with Crippen LogP contribution in [0.15, 0.2) is 48.5 Å². The van der Waals surface area contributed by atoms with Gasteiger partial charge in [-0.05, 0) is 49.7 Å². The molecule has 22 heavy (non-hydrogen) atoms. The molecule has 0 N–H and O–H groups in total. The Bertz CT molecular complexity index is 649. The molecule has 0 aliphatic carbocycles. The normalized spacial score (nSPS) is 11.2. The number of hydrogen-bond acceptors (Lipinski definition) is 3. The van der Waals surface area contributed by atoms with Gasteiger partial charge in [0.25, 0.3) is 0 Å². The summed E-state index contributed by atoms with van der Waals surface area (Å²) in [5.74, 6) is 1.54. The van der Waals surface area contributed by atoms with Crippen LogP contribution >= 0.6 is 18.7 Å². The van der Waals surface area contributed by atoms with E-state index in [1.165, 1.54) is 0 Å². The summed E-state index contributed by atoms with van der Waals surface area (Å²) in [6.45, 7) is 4.63. The average Bonchev–Trinajstić information content (AvgIpc) is 2.48. The van der Waals surface area contributed by atoms with Crippen molar-refractivity contribution in [3.63, 3.8) is 0 Å². The van der Waals surface area contributed by atoms with Crippen molar-refractivity contribution in [1.82, 2.24) is 0 Å². The van der Waals surface area contributed by atoms with E-state index in [2.05, 4.69) is 0 Å². The molecule has 0 aromatic heterocycles. The Morgan fingerprint density at radius 3 is 2.23 bits per heavy atom. The minimum Gasteiger partial charge on any atom is -0.493 e. The molecule has 2 aromatic carbocycles. The molecule has 0 bridgehead atoms. The van der Waals surface area contributed by atoms with Crippen molar-refractivity contribution in [1.29, 1.82) is 0 Å². The molecular weight excluding hydrogens is 319 g/mol. The first-order valence-corrected chi connectivity index (χ1v) is 10.1. The predicted molar refractivity (Wildman–Crippen MR) is 92.6 cm³/mol.